The summed E-state index contributed by atoms with van der Waals surface area (Å²) in [4.78, 5) is 2.52. The van der Waals surface area contributed by atoms with E-state index in [1.807, 2.05) is 0 Å². The average Bonchev–Trinajstić information content (AvgIpc) is 2.82. The molecule has 0 bridgehead atoms. The van der Waals surface area contributed by atoms with Crippen molar-refractivity contribution in [3.05, 3.63) is 0 Å². The molecule has 2 N–H and O–H groups in total. The SMILES string of the molecule is CC(N(C)CC1(CCN)CC1)C(C)(C)C. The second-order valence-electron chi connectivity index (χ2n) is 6.50. The van der Waals surface area contributed by atoms with E-state index in [-0.39, 0.29) is 0 Å². The van der Waals surface area contributed by atoms with Crippen molar-refractivity contribution in [1.29, 1.82) is 0 Å². The van der Waals surface area contributed by atoms with Crippen LogP contribution in [0.1, 0.15) is 47.0 Å². The second-order valence-corrected chi connectivity index (χ2v) is 6.50. The van der Waals surface area contributed by atoms with Gasteiger partial charge in [-0.15, -0.1) is 0 Å². The zero-order valence-electron chi connectivity index (χ0n) is 11.1. The molecule has 0 aliphatic heterocycles. The number of nitrogens with two attached hydrogens (primary N) is 1. The predicted octanol–water partition coefficient (Wildman–Crippen LogP) is 2.48. The third-order valence-corrected chi connectivity index (χ3v) is 4.13. The Morgan fingerprint density at radius 3 is 2.20 bits per heavy atom. The van der Waals surface area contributed by atoms with Crippen molar-refractivity contribution < 1.29 is 0 Å². The Bertz CT molecular complexity index is 201. The molecule has 0 heterocycles. The number of hydrogen-bond donors (Lipinski definition) is 1. The first-order valence-electron chi connectivity index (χ1n) is 6.21. The Labute approximate surface area is 95.2 Å². The van der Waals surface area contributed by atoms with Crippen LogP contribution in [0.2, 0.25) is 0 Å². The van der Waals surface area contributed by atoms with E-state index in [1.165, 1.54) is 25.8 Å². The van der Waals surface area contributed by atoms with Gasteiger partial charge >= 0.3 is 0 Å². The largest absolute Gasteiger partial charge is 0.330 e. The van der Waals surface area contributed by atoms with Gasteiger partial charge in [0.15, 0.2) is 0 Å². The van der Waals surface area contributed by atoms with Crippen molar-refractivity contribution in [1.82, 2.24) is 4.90 Å². The molecular weight excluding hydrogens is 184 g/mol. The molecular formula is C13H28N2. The summed E-state index contributed by atoms with van der Waals surface area (Å²) in [7, 11) is 2.26. The highest BCUT2D eigenvalue weighted by molar-refractivity contribution is 4.96. The van der Waals surface area contributed by atoms with Crippen molar-refractivity contribution in [2.45, 2.75) is 53.0 Å². The molecule has 1 aliphatic carbocycles. The van der Waals surface area contributed by atoms with Gasteiger partial charge in [0, 0.05) is 12.6 Å². The molecule has 2 heteroatoms. The molecule has 1 fully saturated rings. The molecule has 2 nitrogen and oxygen atoms in total. The molecule has 0 aromatic rings. The topological polar surface area (TPSA) is 29.3 Å². The van der Waals surface area contributed by atoms with Gasteiger partial charge in [-0.1, -0.05) is 20.8 Å². The molecule has 1 unspecified atom stereocenters. The van der Waals surface area contributed by atoms with Crippen LogP contribution in [0.3, 0.4) is 0 Å². The highest BCUT2D eigenvalue weighted by Crippen LogP contribution is 2.49. The minimum Gasteiger partial charge on any atom is -0.330 e. The van der Waals surface area contributed by atoms with E-state index in [1.54, 1.807) is 0 Å². The monoisotopic (exact) mass is 212 g/mol. The van der Waals surface area contributed by atoms with E-state index in [9.17, 15) is 0 Å². The maximum absolute atomic E-state index is 5.67. The summed E-state index contributed by atoms with van der Waals surface area (Å²) in [6.45, 7) is 11.4. The van der Waals surface area contributed by atoms with Crippen LogP contribution >= 0.6 is 0 Å². The van der Waals surface area contributed by atoms with E-state index in [4.69, 9.17) is 5.73 Å². The Hall–Kier alpha value is -0.0800. The van der Waals surface area contributed by atoms with Gasteiger partial charge in [0.25, 0.3) is 0 Å². The minimum atomic E-state index is 0.369. The molecule has 0 amide bonds. The van der Waals surface area contributed by atoms with Crippen LogP contribution in [0.15, 0.2) is 0 Å². The van der Waals surface area contributed by atoms with Crippen LogP contribution in [0.4, 0.5) is 0 Å². The highest BCUT2D eigenvalue weighted by atomic mass is 15.1. The fraction of sp³-hybridized carbons (Fsp3) is 1.00. The lowest BCUT2D eigenvalue weighted by Crippen LogP contribution is -2.42. The maximum atomic E-state index is 5.67. The Kier molecular flexibility index (Phi) is 3.83. The zero-order chi connectivity index (χ0) is 11.7. The van der Waals surface area contributed by atoms with Crippen molar-refractivity contribution >= 4 is 0 Å². The average molecular weight is 212 g/mol. The number of hydrogen-bond acceptors (Lipinski definition) is 2. The Morgan fingerprint density at radius 1 is 1.33 bits per heavy atom. The summed E-state index contributed by atoms with van der Waals surface area (Å²) in [6, 6.07) is 0.632. The van der Waals surface area contributed by atoms with E-state index >= 15 is 0 Å². The summed E-state index contributed by atoms with van der Waals surface area (Å²) in [5, 5.41) is 0. The molecule has 1 rings (SSSR count). The summed E-state index contributed by atoms with van der Waals surface area (Å²) >= 11 is 0. The predicted molar refractivity (Wildman–Crippen MR) is 66.9 cm³/mol. The molecule has 1 saturated carbocycles. The summed E-state index contributed by atoms with van der Waals surface area (Å²) < 4.78 is 0. The third-order valence-electron chi connectivity index (χ3n) is 4.13. The quantitative estimate of drug-likeness (QED) is 0.758. The van der Waals surface area contributed by atoms with Crippen LogP contribution in [0.25, 0.3) is 0 Å². The smallest absolute Gasteiger partial charge is 0.0113 e. The molecule has 0 saturated heterocycles. The second kappa shape index (κ2) is 4.42. The fourth-order valence-corrected chi connectivity index (χ4v) is 2.30. The van der Waals surface area contributed by atoms with Crippen LogP contribution in [0.5, 0.6) is 0 Å². The first-order chi connectivity index (χ1) is 6.81. The van der Waals surface area contributed by atoms with E-state index in [2.05, 4.69) is 39.6 Å². The molecule has 0 spiro atoms. The first-order valence-corrected chi connectivity index (χ1v) is 6.21. The van der Waals surface area contributed by atoms with Crippen LogP contribution in [-0.4, -0.2) is 31.1 Å². The van der Waals surface area contributed by atoms with Crippen molar-refractivity contribution in [3.8, 4) is 0 Å². The molecule has 90 valence electrons. The number of rotatable bonds is 5. The van der Waals surface area contributed by atoms with Gasteiger partial charge in [-0.3, -0.25) is 0 Å². The Morgan fingerprint density at radius 2 is 1.87 bits per heavy atom. The van der Waals surface area contributed by atoms with Gasteiger partial charge in [0.1, 0.15) is 0 Å². The van der Waals surface area contributed by atoms with Crippen LogP contribution in [-0.2, 0) is 0 Å². The molecule has 15 heavy (non-hydrogen) atoms. The van der Waals surface area contributed by atoms with Gasteiger partial charge in [0.05, 0.1) is 0 Å². The minimum absolute atomic E-state index is 0.369. The molecule has 0 aromatic carbocycles. The molecule has 0 radical (unpaired) electrons. The summed E-state index contributed by atoms with van der Waals surface area (Å²) in [5.41, 5.74) is 6.61. The zero-order valence-corrected chi connectivity index (χ0v) is 11.1. The first kappa shape index (κ1) is 13.0. The lowest BCUT2D eigenvalue weighted by atomic mass is 9.86. The highest BCUT2D eigenvalue weighted by Gasteiger charge is 2.43. The number of nitrogens with zero attached hydrogens (tertiary/aromatic N) is 1. The normalized spacial score (nSPS) is 21.8. The van der Waals surface area contributed by atoms with E-state index in [0.717, 1.165) is 6.54 Å². The van der Waals surface area contributed by atoms with Gasteiger partial charge < -0.3 is 10.6 Å². The molecule has 0 aromatic heterocycles. The lowest BCUT2D eigenvalue weighted by molar-refractivity contribution is 0.115. The van der Waals surface area contributed by atoms with Gasteiger partial charge in [-0.2, -0.15) is 0 Å². The van der Waals surface area contributed by atoms with Crippen LogP contribution in [0, 0.1) is 10.8 Å². The summed E-state index contributed by atoms with van der Waals surface area (Å²) in [5.74, 6) is 0. The molecule has 1 atom stereocenters. The van der Waals surface area contributed by atoms with Gasteiger partial charge in [-0.25, -0.2) is 0 Å². The van der Waals surface area contributed by atoms with Crippen molar-refractivity contribution in [3.63, 3.8) is 0 Å². The van der Waals surface area contributed by atoms with E-state index < -0.39 is 0 Å². The van der Waals surface area contributed by atoms with E-state index in [0.29, 0.717) is 16.9 Å². The Balaban J connectivity index is 2.45. The van der Waals surface area contributed by atoms with Crippen LogP contribution < -0.4 is 5.73 Å². The maximum Gasteiger partial charge on any atom is 0.0113 e. The standard InChI is InChI=1S/C13H28N2/c1-11(12(2,3)4)15(5)10-13(6-7-13)8-9-14/h11H,6-10,14H2,1-5H3. The van der Waals surface area contributed by atoms with Crippen molar-refractivity contribution in [2.24, 2.45) is 16.6 Å². The third kappa shape index (κ3) is 3.46. The summed E-state index contributed by atoms with van der Waals surface area (Å²) in [6.07, 6.45) is 3.96. The van der Waals surface area contributed by atoms with Gasteiger partial charge in [0.2, 0.25) is 0 Å². The van der Waals surface area contributed by atoms with Gasteiger partial charge in [-0.05, 0) is 50.6 Å². The fourth-order valence-electron chi connectivity index (χ4n) is 2.30. The molecule has 1 aliphatic rings. The van der Waals surface area contributed by atoms with Crippen molar-refractivity contribution in [2.75, 3.05) is 20.1 Å². The lowest BCUT2D eigenvalue weighted by Gasteiger charge is -2.37.